The lowest BCUT2D eigenvalue weighted by molar-refractivity contribution is 0.384. The van der Waals surface area contributed by atoms with Crippen LogP contribution in [0, 0.1) is 29.1 Å². The number of para-hydroxylation sites is 1. The van der Waals surface area contributed by atoms with Gasteiger partial charge < -0.3 is 4.90 Å². The topological polar surface area (TPSA) is 3.24 Å². The molecule has 0 atom stereocenters. The molecule has 0 aromatic heterocycles. The second-order valence-corrected chi connectivity index (χ2v) is 4.42. The van der Waals surface area contributed by atoms with Crippen molar-refractivity contribution in [3.05, 3.63) is 59.4 Å². The minimum Gasteiger partial charge on any atom is -0.378 e. The quantitative estimate of drug-likeness (QED) is 0.338. The number of rotatable bonds is 1. The summed E-state index contributed by atoms with van der Waals surface area (Å²) in [5.41, 5.74) is 0.379. The predicted molar refractivity (Wildman–Crippen MR) is 75.2 cm³/mol. The molecular weight excluding hydrogens is 288 g/mol. The Balaban J connectivity index is 0.000000219. The van der Waals surface area contributed by atoms with E-state index >= 15 is 0 Å². The summed E-state index contributed by atoms with van der Waals surface area (Å²) in [7, 11) is 4.89. The monoisotopic (exact) mass is 301 g/mol. The van der Waals surface area contributed by atoms with E-state index in [1.54, 1.807) is 0 Å². The Morgan fingerprint density at radius 1 is 0.714 bits per heavy atom. The fraction of sp³-hybridized carbons (Fsp3) is 0.143. The summed E-state index contributed by atoms with van der Waals surface area (Å²) >= 11 is 0. The summed E-state index contributed by atoms with van der Waals surface area (Å²) in [6, 6.07) is 10.3. The summed E-state index contributed by atoms with van der Waals surface area (Å²) in [6.45, 7) is 0. The second kappa shape index (κ2) is 7.10. The van der Waals surface area contributed by atoms with Crippen LogP contribution in [0.4, 0.5) is 27.6 Å². The molecular formula is C14H13BF5N. The number of hydrogen-bond donors (Lipinski definition) is 0. The third-order valence-electron chi connectivity index (χ3n) is 2.70. The van der Waals surface area contributed by atoms with Gasteiger partial charge in [-0.3, -0.25) is 0 Å². The molecule has 0 amide bonds. The molecule has 0 radical (unpaired) electrons. The number of halogens is 5. The van der Waals surface area contributed by atoms with E-state index in [4.69, 9.17) is 0 Å². The molecule has 0 saturated heterocycles. The fourth-order valence-corrected chi connectivity index (χ4v) is 1.44. The van der Waals surface area contributed by atoms with Gasteiger partial charge in [-0.25, -0.2) is 22.0 Å². The van der Waals surface area contributed by atoms with E-state index in [-0.39, 0.29) is 0 Å². The third-order valence-corrected chi connectivity index (χ3v) is 2.70. The molecule has 0 heterocycles. The SMILES string of the molecule is Bc1c(F)c(F)c(F)c(F)c1F.CN(C)c1ccccc1. The first-order chi connectivity index (χ1) is 9.77. The molecule has 0 bridgehead atoms. The molecule has 0 spiro atoms. The molecule has 0 aliphatic heterocycles. The summed E-state index contributed by atoms with van der Waals surface area (Å²) in [5.74, 6) is -9.52. The van der Waals surface area contributed by atoms with Crippen LogP contribution in [0.25, 0.3) is 0 Å². The standard InChI is InChI=1S/C8H11N.C6H2BF5/c1-9(2)8-6-4-3-5-7-8;7-1-2(8)4(10)6(12)5(11)3(1)9/h3-7H,1-2H3;7H2. The van der Waals surface area contributed by atoms with E-state index in [1.807, 2.05) is 32.3 Å². The van der Waals surface area contributed by atoms with Crippen molar-refractivity contribution >= 4 is 19.0 Å². The van der Waals surface area contributed by atoms with Crippen molar-refractivity contribution in [1.82, 2.24) is 0 Å². The summed E-state index contributed by atoms with van der Waals surface area (Å²) < 4.78 is 61.6. The number of nitrogens with zero attached hydrogens (tertiary/aromatic N) is 1. The molecule has 2 rings (SSSR count). The van der Waals surface area contributed by atoms with E-state index in [9.17, 15) is 22.0 Å². The highest BCUT2D eigenvalue weighted by molar-refractivity contribution is 6.32. The Bertz CT molecular complexity index is 512. The smallest absolute Gasteiger partial charge is 0.200 e. The Morgan fingerprint density at radius 3 is 1.43 bits per heavy atom. The number of hydrogen-bond acceptors (Lipinski definition) is 1. The molecule has 7 heteroatoms. The van der Waals surface area contributed by atoms with Crippen LogP contribution in [0.15, 0.2) is 30.3 Å². The van der Waals surface area contributed by atoms with Crippen molar-refractivity contribution in [2.45, 2.75) is 0 Å². The highest BCUT2D eigenvalue weighted by Gasteiger charge is 2.22. The molecule has 2 aromatic carbocycles. The van der Waals surface area contributed by atoms with Gasteiger partial charge in [-0.1, -0.05) is 18.2 Å². The van der Waals surface area contributed by atoms with Crippen molar-refractivity contribution in [2.75, 3.05) is 19.0 Å². The van der Waals surface area contributed by atoms with Crippen molar-refractivity contribution in [3.63, 3.8) is 0 Å². The van der Waals surface area contributed by atoms with Crippen LogP contribution in [0.2, 0.25) is 0 Å². The normalized spacial score (nSPS) is 9.86. The zero-order valence-electron chi connectivity index (χ0n) is 11.7. The van der Waals surface area contributed by atoms with E-state index in [0.717, 1.165) is 7.85 Å². The molecule has 0 saturated carbocycles. The van der Waals surface area contributed by atoms with Gasteiger partial charge in [0.1, 0.15) is 7.85 Å². The maximum atomic E-state index is 12.4. The van der Waals surface area contributed by atoms with Gasteiger partial charge in [0.25, 0.3) is 0 Å². The van der Waals surface area contributed by atoms with Crippen LogP contribution in [0.3, 0.4) is 0 Å². The van der Waals surface area contributed by atoms with Crippen LogP contribution in [-0.2, 0) is 0 Å². The predicted octanol–water partition coefficient (Wildman–Crippen LogP) is 2.39. The Kier molecular flexibility index (Phi) is 5.75. The van der Waals surface area contributed by atoms with E-state index in [2.05, 4.69) is 17.0 Å². The molecule has 21 heavy (non-hydrogen) atoms. The molecule has 0 aliphatic rings. The molecule has 112 valence electrons. The van der Waals surface area contributed by atoms with Gasteiger partial charge in [0.15, 0.2) is 29.1 Å². The number of benzene rings is 2. The van der Waals surface area contributed by atoms with Crippen molar-refractivity contribution < 1.29 is 22.0 Å². The lowest BCUT2D eigenvalue weighted by Gasteiger charge is -2.10. The van der Waals surface area contributed by atoms with Crippen molar-refractivity contribution in [3.8, 4) is 0 Å². The zero-order chi connectivity index (χ0) is 16.2. The molecule has 0 fully saturated rings. The summed E-state index contributed by atoms with van der Waals surface area (Å²) in [4.78, 5) is 2.08. The maximum absolute atomic E-state index is 12.4. The van der Waals surface area contributed by atoms with Crippen molar-refractivity contribution in [1.29, 1.82) is 0 Å². The third kappa shape index (κ3) is 3.96. The maximum Gasteiger partial charge on any atom is 0.200 e. The van der Waals surface area contributed by atoms with Gasteiger partial charge in [-0.15, -0.1) is 0 Å². The van der Waals surface area contributed by atoms with E-state index in [1.165, 1.54) is 5.69 Å². The van der Waals surface area contributed by atoms with Gasteiger partial charge in [0.2, 0.25) is 0 Å². The van der Waals surface area contributed by atoms with Crippen LogP contribution < -0.4 is 10.4 Å². The first-order valence-corrected chi connectivity index (χ1v) is 5.97. The van der Waals surface area contributed by atoms with Gasteiger partial charge in [0.05, 0.1) is 0 Å². The number of anilines is 1. The minimum atomic E-state index is -2.13. The minimum absolute atomic E-state index is 0.816. The Hall–Kier alpha value is -2.05. The molecule has 1 nitrogen and oxygen atoms in total. The van der Waals surface area contributed by atoms with E-state index < -0.39 is 34.5 Å². The van der Waals surface area contributed by atoms with Crippen LogP contribution in [0.5, 0.6) is 0 Å². The molecule has 0 N–H and O–H groups in total. The fourth-order valence-electron chi connectivity index (χ4n) is 1.44. The Labute approximate surface area is 120 Å². The van der Waals surface area contributed by atoms with E-state index in [0.29, 0.717) is 0 Å². The highest BCUT2D eigenvalue weighted by atomic mass is 19.2. The summed E-state index contributed by atoms with van der Waals surface area (Å²) in [5, 5.41) is 0. The first kappa shape index (κ1) is 17.0. The first-order valence-electron chi connectivity index (χ1n) is 5.97. The van der Waals surface area contributed by atoms with Crippen LogP contribution in [0.1, 0.15) is 0 Å². The molecule has 0 unspecified atom stereocenters. The van der Waals surface area contributed by atoms with Crippen LogP contribution in [-0.4, -0.2) is 21.9 Å². The lowest BCUT2D eigenvalue weighted by atomic mass is 9.94. The average molecular weight is 301 g/mol. The largest absolute Gasteiger partial charge is 0.378 e. The van der Waals surface area contributed by atoms with Gasteiger partial charge in [-0.2, -0.15) is 0 Å². The van der Waals surface area contributed by atoms with Gasteiger partial charge in [-0.05, 0) is 17.6 Å². The molecule has 0 aliphatic carbocycles. The summed E-state index contributed by atoms with van der Waals surface area (Å²) in [6.07, 6.45) is 0. The molecule has 2 aromatic rings. The van der Waals surface area contributed by atoms with Crippen LogP contribution >= 0.6 is 0 Å². The Morgan fingerprint density at radius 2 is 1.10 bits per heavy atom. The van der Waals surface area contributed by atoms with Gasteiger partial charge in [0, 0.05) is 19.8 Å². The lowest BCUT2D eigenvalue weighted by Crippen LogP contribution is -2.20. The zero-order valence-corrected chi connectivity index (χ0v) is 11.7. The van der Waals surface area contributed by atoms with Gasteiger partial charge >= 0.3 is 0 Å². The average Bonchev–Trinajstić information content (AvgIpc) is 2.50. The highest BCUT2D eigenvalue weighted by Crippen LogP contribution is 2.14. The van der Waals surface area contributed by atoms with Crippen molar-refractivity contribution in [2.24, 2.45) is 0 Å². The second-order valence-electron chi connectivity index (χ2n) is 4.42.